The van der Waals surface area contributed by atoms with Crippen LogP contribution >= 0.6 is 35.4 Å². The zero-order valence-electron chi connectivity index (χ0n) is 9.72. The number of benzene rings is 1. The summed E-state index contributed by atoms with van der Waals surface area (Å²) in [5.41, 5.74) is 5.75. The van der Waals surface area contributed by atoms with Gasteiger partial charge in [0.25, 0.3) is 10.0 Å². The summed E-state index contributed by atoms with van der Waals surface area (Å²) < 4.78 is 26.7. The number of sulfonamides is 1. The van der Waals surface area contributed by atoms with E-state index in [2.05, 4.69) is 14.9 Å². The molecule has 0 saturated heterocycles. The average molecular weight is 351 g/mol. The van der Waals surface area contributed by atoms with Crippen LogP contribution in [0.3, 0.4) is 0 Å². The molecule has 106 valence electrons. The standard InChI is InChI=1S/C10H8Cl2N4O2S2/c11-7-2-1-5(3-8(7)12)20(17,18)16-10-6(9(13)19)4-14-15-10/h1-4H,(H2,13,19)(H2,14,15,16). The van der Waals surface area contributed by atoms with Crippen LogP contribution in [-0.2, 0) is 10.0 Å². The lowest BCUT2D eigenvalue weighted by atomic mass is 10.3. The lowest BCUT2D eigenvalue weighted by Crippen LogP contribution is -2.17. The number of halogens is 2. The number of nitrogens with zero attached hydrogens (tertiary/aromatic N) is 1. The Morgan fingerprint density at radius 3 is 2.65 bits per heavy atom. The monoisotopic (exact) mass is 350 g/mol. The molecule has 0 radical (unpaired) electrons. The lowest BCUT2D eigenvalue weighted by Gasteiger charge is -2.08. The van der Waals surface area contributed by atoms with Gasteiger partial charge in [0.05, 0.1) is 26.7 Å². The molecule has 0 saturated carbocycles. The Balaban J connectivity index is 2.38. The van der Waals surface area contributed by atoms with Crippen LogP contribution < -0.4 is 10.5 Å². The van der Waals surface area contributed by atoms with Crippen LogP contribution in [0.15, 0.2) is 29.3 Å². The molecule has 0 atom stereocenters. The summed E-state index contributed by atoms with van der Waals surface area (Å²) in [6, 6.07) is 3.95. The topological polar surface area (TPSA) is 101 Å². The third kappa shape index (κ3) is 3.04. The summed E-state index contributed by atoms with van der Waals surface area (Å²) >= 11 is 16.3. The second-order valence-corrected chi connectivity index (χ2v) is 6.64. The molecule has 2 aromatic rings. The van der Waals surface area contributed by atoms with Gasteiger partial charge in [0.1, 0.15) is 10.8 Å². The smallest absolute Gasteiger partial charge is 0.263 e. The number of rotatable bonds is 4. The first-order valence-electron chi connectivity index (χ1n) is 5.12. The number of aromatic amines is 1. The molecule has 4 N–H and O–H groups in total. The molecular formula is C10H8Cl2N4O2S2. The number of anilines is 1. The molecule has 0 spiro atoms. The first-order valence-corrected chi connectivity index (χ1v) is 7.77. The van der Waals surface area contributed by atoms with Gasteiger partial charge in [-0.3, -0.25) is 9.82 Å². The number of aromatic nitrogens is 2. The van der Waals surface area contributed by atoms with Gasteiger partial charge < -0.3 is 5.73 Å². The van der Waals surface area contributed by atoms with Crippen LogP contribution in [0.25, 0.3) is 0 Å². The van der Waals surface area contributed by atoms with Gasteiger partial charge in [0.2, 0.25) is 0 Å². The van der Waals surface area contributed by atoms with Crippen molar-refractivity contribution in [2.24, 2.45) is 5.73 Å². The second-order valence-electron chi connectivity index (χ2n) is 3.70. The predicted octanol–water partition coefficient (Wildman–Crippen LogP) is 2.15. The Labute approximate surface area is 130 Å². The maximum Gasteiger partial charge on any atom is 0.263 e. The van der Waals surface area contributed by atoms with E-state index in [4.69, 9.17) is 41.2 Å². The molecular weight excluding hydrogens is 343 g/mol. The molecule has 0 aliphatic rings. The minimum atomic E-state index is -3.86. The number of hydrogen-bond donors (Lipinski definition) is 3. The van der Waals surface area contributed by atoms with Gasteiger partial charge in [-0.25, -0.2) is 8.42 Å². The number of nitrogens with one attached hydrogen (secondary N) is 2. The van der Waals surface area contributed by atoms with E-state index in [0.717, 1.165) is 0 Å². The van der Waals surface area contributed by atoms with Gasteiger partial charge >= 0.3 is 0 Å². The normalized spacial score (nSPS) is 11.3. The van der Waals surface area contributed by atoms with Crippen LogP contribution in [-0.4, -0.2) is 23.6 Å². The highest BCUT2D eigenvalue weighted by atomic mass is 35.5. The first kappa shape index (κ1) is 15.0. The fourth-order valence-electron chi connectivity index (χ4n) is 1.39. The molecule has 6 nitrogen and oxygen atoms in total. The van der Waals surface area contributed by atoms with Gasteiger partial charge in [0.15, 0.2) is 0 Å². The highest BCUT2D eigenvalue weighted by molar-refractivity contribution is 7.92. The van der Waals surface area contributed by atoms with E-state index in [1.54, 1.807) is 0 Å². The maximum absolute atomic E-state index is 12.2. The SMILES string of the molecule is NC(=S)c1cn[nH]c1NS(=O)(=O)c1ccc(Cl)c(Cl)c1. The molecule has 1 heterocycles. The number of hydrogen-bond acceptors (Lipinski definition) is 4. The Kier molecular flexibility index (Phi) is 4.19. The van der Waals surface area contributed by atoms with Gasteiger partial charge in [0, 0.05) is 0 Å². The average Bonchev–Trinajstić information content (AvgIpc) is 2.80. The van der Waals surface area contributed by atoms with Crippen LogP contribution in [0.2, 0.25) is 10.0 Å². The quantitative estimate of drug-likeness (QED) is 0.733. The van der Waals surface area contributed by atoms with E-state index in [1.807, 2.05) is 0 Å². The highest BCUT2D eigenvalue weighted by Gasteiger charge is 2.19. The number of H-pyrrole nitrogens is 1. The Morgan fingerprint density at radius 2 is 2.05 bits per heavy atom. The fourth-order valence-corrected chi connectivity index (χ4v) is 2.97. The van der Waals surface area contributed by atoms with E-state index in [0.29, 0.717) is 5.56 Å². The van der Waals surface area contributed by atoms with Gasteiger partial charge in [-0.2, -0.15) is 5.10 Å². The van der Waals surface area contributed by atoms with Crippen LogP contribution in [0.4, 0.5) is 5.82 Å². The molecule has 0 unspecified atom stereocenters. The largest absolute Gasteiger partial charge is 0.389 e. The van der Waals surface area contributed by atoms with Crippen LogP contribution in [0.1, 0.15) is 5.56 Å². The molecule has 0 aliphatic carbocycles. The molecule has 20 heavy (non-hydrogen) atoms. The zero-order chi connectivity index (χ0) is 14.9. The van der Waals surface area contributed by atoms with Crippen molar-refractivity contribution in [1.29, 1.82) is 0 Å². The Morgan fingerprint density at radius 1 is 1.35 bits per heavy atom. The summed E-state index contributed by atoms with van der Waals surface area (Å²) in [6.45, 7) is 0. The molecule has 0 amide bonds. The van der Waals surface area contributed by atoms with Crippen molar-refractivity contribution in [3.8, 4) is 0 Å². The van der Waals surface area contributed by atoms with E-state index >= 15 is 0 Å². The fraction of sp³-hybridized carbons (Fsp3) is 0. The van der Waals surface area contributed by atoms with Crippen LogP contribution in [0, 0.1) is 0 Å². The van der Waals surface area contributed by atoms with Crippen molar-refractivity contribution >= 4 is 56.2 Å². The Hall–Kier alpha value is -1.35. The van der Waals surface area contributed by atoms with Crippen molar-refractivity contribution in [1.82, 2.24) is 10.2 Å². The minimum absolute atomic E-state index is 0.0191. The molecule has 0 bridgehead atoms. The third-order valence-corrected chi connectivity index (χ3v) is 4.65. The van der Waals surface area contributed by atoms with E-state index in [1.165, 1.54) is 24.4 Å². The summed E-state index contributed by atoms with van der Waals surface area (Å²) in [7, 11) is -3.86. The molecule has 1 aromatic heterocycles. The maximum atomic E-state index is 12.2. The summed E-state index contributed by atoms with van der Waals surface area (Å²) in [4.78, 5) is -0.0269. The van der Waals surface area contributed by atoms with E-state index in [-0.39, 0.29) is 25.7 Å². The molecule has 10 heteroatoms. The summed E-state index contributed by atoms with van der Waals surface area (Å²) in [5, 5.41) is 6.55. The minimum Gasteiger partial charge on any atom is -0.389 e. The van der Waals surface area contributed by atoms with E-state index in [9.17, 15) is 8.42 Å². The molecule has 1 aromatic carbocycles. The highest BCUT2D eigenvalue weighted by Crippen LogP contribution is 2.26. The van der Waals surface area contributed by atoms with Crippen molar-refractivity contribution in [3.63, 3.8) is 0 Å². The van der Waals surface area contributed by atoms with Crippen molar-refractivity contribution < 1.29 is 8.42 Å². The third-order valence-electron chi connectivity index (χ3n) is 2.34. The molecule has 2 rings (SSSR count). The lowest BCUT2D eigenvalue weighted by molar-refractivity contribution is 0.601. The van der Waals surface area contributed by atoms with Gasteiger partial charge in [-0.05, 0) is 18.2 Å². The predicted molar refractivity (Wildman–Crippen MR) is 81.7 cm³/mol. The zero-order valence-corrected chi connectivity index (χ0v) is 12.9. The van der Waals surface area contributed by atoms with Crippen molar-refractivity contribution in [2.75, 3.05) is 4.72 Å². The first-order chi connectivity index (χ1) is 9.31. The Bertz CT molecular complexity index is 773. The number of nitrogens with two attached hydrogens (primary N) is 1. The number of thiocarbonyl (C=S) groups is 1. The molecule has 0 aliphatic heterocycles. The summed E-state index contributed by atoms with van der Waals surface area (Å²) in [5.74, 6) is 0.0866. The van der Waals surface area contributed by atoms with Crippen molar-refractivity contribution in [2.45, 2.75) is 4.90 Å². The van der Waals surface area contributed by atoms with E-state index < -0.39 is 10.0 Å². The van der Waals surface area contributed by atoms with Crippen LogP contribution in [0.5, 0.6) is 0 Å². The van der Waals surface area contributed by atoms with Gasteiger partial charge in [-0.15, -0.1) is 0 Å². The summed E-state index contributed by atoms with van der Waals surface area (Å²) in [6.07, 6.45) is 1.33. The van der Waals surface area contributed by atoms with Crippen molar-refractivity contribution in [3.05, 3.63) is 40.0 Å². The van der Waals surface area contributed by atoms with Gasteiger partial charge in [-0.1, -0.05) is 35.4 Å². The molecule has 0 fully saturated rings. The second kappa shape index (κ2) is 5.57.